The number of H-pyrrole nitrogens is 1. The van der Waals surface area contributed by atoms with Crippen molar-refractivity contribution in [3.05, 3.63) is 64.8 Å². The van der Waals surface area contributed by atoms with Gasteiger partial charge in [0.05, 0.1) is 11.1 Å². The molecule has 29 heavy (non-hydrogen) atoms. The van der Waals surface area contributed by atoms with E-state index in [0.29, 0.717) is 23.2 Å². The number of aromatic nitrogens is 5. The summed E-state index contributed by atoms with van der Waals surface area (Å²) < 4.78 is 43.9. The monoisotopic (exact) mass is 417 g/mol. The van der Waals surface area contributed by atoms with Gasteiger partial charge in [-0.25, -0.2) is 18.2 Å². The maximum absolute atomic E-state index is 14.5. The maximum Gasteiger partial charge on any atom is 0.187 e. The SMILES string of the molecule is Cc1[nH]nc2nc(SCc3cncc(N)c3)n(-c3c(F)ccc(F)c3F)c(=N)c12. The molecule has 3 aromatic heterocycles. The highest BCUT2D eigenvalue weighted by Crippen LogP contribution is 2.28. The van der Waals surface area contributed by atoms with Gasteiger partial charge < -0.3 is 5.73 Å². The maximum atomic E-state index is 14.5. The van der Waals surface area contributed by atoms with E-state index in [1.165, 1.54) is 6.20 Å². The third-order valence-electron chi connectivity index (χ3n) is 4.21. The highest BCUT2D eigenvalue weighted by molar-refractivity contribution is 7.98. The molecule has 4 aromatic rings. The van der Waals surface area contributed by atoms with Crippen LogP contribution in [-0.4, -0.2) is 24.7 Å². The molecule has 0 unspecified atom stereocenters. The van der Waals surface area contributed by atoms with E-state index < -0.39 is 23.1 Å². The number of nitrogen functional groups attached to an aromatic ring is 1. The first-order valence-electron chi connectivity index (χ1n) is 8.35. The van der Waals surface area contributed by atoms with E-state index in [0.717, 1.165) is 28.0 Å². The Morgan fingerprint density at radius 1 is 1.21 bits per heavy atom. The van der Waals surface area contributed by atoms with Crippen LogP contribution in [0.1, 0.15) is 11.3 Å². The van der Waals surface area contributed by atoms with Crippen molar-refractivity contribution in [2.45, 2.75) is 17.8 Å². The molecule has 0 aliphatic rings. The zero-order valence-corrected chi connectivity index (χ0v) is 15.8. The first kappa shape index (κ1) is 19.0. The van der Waals surface area contributed by atoms with Gasteiger partial charge in [0.2, 0.25) is 0 Å². The van der Waals surface area contributed by atoms with Crippen LogP contribution >= 0.6 is 11.8 Å². The molecule has 0 amide bonds. The number of nitrogens with zero attached hydrogens (tertiary/aromatic N) is 4. The predicted molar refractivity (Wildman–Crippen MR) is 102 cm³/mol. The summed E-state index contributed by atoms with van der Waals surface area (Å²) in [6.45, 7) is 1.66. The standard InChI is InChI=1S/C18H14F3N7S/c1-8-13-16(23)28(15-12(20)3-2-11(19)14(15)21)18(25-17(13)27-26-8)29-7-9-4-10(22)6-24-5-9/h2-6,23H,7,22H2,1H3,(H,26,27). The molecule has 4 N–H and O–H groups in total. The minimum Gasteiger partial charge on any atom is -0.397 e. The fourth-order valence-electron chi connectivity index (χ4n) is 2.89. The zero-order valence-electron chi connectivity index (χ0n) is 15.0. The van der Waals surface area contributed by atoms with Crippen molar-refractivity contribution in [1.82, 2.24) is 24.7 Å². The number of thioether (sulfide) groups is 1. The molecule has 0 atom stereocenters. The first-order chi connectivity index (χ1) is 13.9. The van der Waals surface area contributed by atoms with Gasteiger partial charge in [0.1, 0.15) is 11.2 Å². The quantitative estimate of drug-likeness (QED) is 0.268. The predicted octanol–water partition coefficient (Wildman–Crippen LogP) is 3.22. The van der Waals surface area contributed by atoms with Crippen LogP contribution in [0, 0.1) is 29.8 Å². The molecule has 3 heterocycles. The number of benzene rings is 1. The van der Waals surface area contributed by atoms with Gasteiger partial charge in [-0.2, -0.15) is 5.10 Å². The van der Waals surface area contributed by atoms with Gasteiger partial charge in [-0.3, -0.25) is 20.1 Å². The fraction of sp³-hybridized carbons (Fsp3) is 0.111. The Balaban J connectivity index is 1.93. The largest absolute Gasteiger partial charge is 0.397 e. The molecular formula is C18H14F3N7S. The minimum atomic E-state index is -1.40. The van der Waals surface area contributed by atoms with E-state index in [1.54, 1.807) is 19.2 Å². The molecule has 0 aliphatic carbocycles. The Kier molecular flexibility index (Phi) is 4.74. The highest BCUT2D eigenvalue weighted by atomic mass is 32.2. The Labute approximate surface area is 166 Å². The Morgan fingerprint density at radius 3 is 2.72 bits per heavy atom. The van der Waals surface area contributed by atoms with Gasteiger partial charge in [0, 0.05) is 23.8 Å². The smallest absolute Gasteiger partial charge is 0.187 e. The molecule has 148 valence electrons. The Hall–Kier alpha value is -3.34. The fourth-order valence-corrected chi connectivity index (χ4v) is 3.81. The first-order valence-corrected chi connectivity index (χ1v) is 9.33. The van der Waals surface area contributed by atoms with E-state index in [1.807, 2.05) is 0 Å². The molecule has 0 fully saturated rings. The van der Waals surface area contributed by atoms with Gasteiger partial charge in [-0.05, 0) is 30.7 Å². The molecule has 7 nitrogen and oxygen atoms in total. The lowest BCUT2D eigenvalue weighted by Gasteiger charge is -2.15. The average molecular weight is 417 g/mol. The number of halogens is 3. The molecule has 0 saturated heterocycles. The second-order valence-electron chi connectivity index (χ2n) is 6.23. The third-order valence-corrected chi connectivity index (χ3v) is 5.22. The van der Waals surface area contributed by atoms with Crippen LogP contribution in [0.4, 0.5) is 18.9 Å². The summed E-state index contributed by atoms with van der Waals surface area (Å²) in [5.74, 6) is -3.35. The summed E-state index contributed by atoms with van der Waals surface area (Å²) in [4.78, 5) is 8.34. The van der Waals surface area contributed by atoms with E-state index in [9.17, 15) is 13.2 Å². The molecule has 1 aromatic carbocycles. The number of pyridine rings is 1. The van der Waals surface area contributed by atoms with Gasteiger partial charge in [0.15, 0.2) is 28.3 Å². The highest BCUT2D eigenvalue weighted by Gasteiger charge is 2.22. The molecule has 0 spiro atoms. The number of aryl methyl sites for hydroxylation is 1. The summed E-state index contributed by atoms with van der Waals surface area (Å²) in [6.07, 6.45) is 3.08. The van der Waals surface area contributed by atoms with Crippen LogP contribution in [0.15, 0.2) is 35.7 Å². The van der Waals surface area contributed by atoms with Gasteiger partial charge >= 0.3 is 0 Å². The van der Waals surface area contributed by atoms with Crippen LogP contribution < -0.4 is 11.2 Å². The van der Waals surface area contributed by atoms with Crippen LogP contribution in [0.2, 0.25) is 0 Å². The van der Waals surface area contributed by atoms with E-state index >= 15 is 0 Å². The summed E-state index contributed by atoms with van der Waals surface area (Å²) in [7, 11) is 0. The summed E-state index contributed by atoms with van der Waals surface area (Å²) in [6, 6.07) is 3.20. The van der Waals surface area contributed by atoms with Crippen molar-refractivity contribution >= 4 is 28.5 Å². The minimum absolute atomic E-state index is 0.0693. The van der Waals surface area contributed by atoms with E-state index in [4.69, 9.17) is 11.1 Å². The Morgan fingerprint density at radius 2 is 1.97 bits per heavy atom. The van der Waals surface area contributed by atoms with E-state index in [-0.39, 0.29) is 21.7 Å². The summed E-state index contributed by atoms with van der Waals surface area (Å²) >= 11 is 1.09. The van der Waals surface area contributed by atoms with E-state index in [2.05, 4.69) is 20.2 Å². The van der Waals surface area contributed by atoms with Crippen LogP contribution in [0.5, 0.6) is 0 Å². The molecule has 11 heteroatoms. The number of anilines is 1. The average Bonchev–Trinajstić information content (AvgIpc) is 3.06. The normalized spacial score (nSPS) is 11.3. The second-order valence-corrected chi connectivity index (χ2v) is 7.18. The topological polar surface area (TPSA) is 109 Å². The second kappa shape index (κ2) is 7.24. The van der Waals surface area contributed by atoms with Crippen molar-refractivity contribution in [3.8, 4) is 5.69 Å². The molecule has 0 bridgehead atoms. The van der Waals surface area contributed by atoms with Gasteiger partial charge in [-0.1, -0.05) is 11.8 Å². The van der Waals surface area contributed by atoms with Crippen molar-refractivity contribution in [3.63, 3.8) is 0 Å². The molecule has 0 saturated carbocycles. The van der Waals surface area contributed by atoms with Gasteiger partial charge in [-0.15, -0.1) is 0 Å². The lowest BCUT2D eigenvalue weighted by molar-refractivity contribution is 0.482. The van der Waals surface area contributed by atoms with Gasteiger partial charge in [0.25, 0.3) is 0 Å². The van der Waals surface area contributed by atoms with Crippen molar-refractivity contribution in [1.29, 1.82) is 5.41 Å². The third kappa shape index (κ3) is 3.33. The number of aromatic amines is 1. The number of nitrogens with two attached hydrogens (primary N) is 1. The number of nitrogens with one attached hydrogen (secondary N) is 2. The van der Waals surface area contributed by atoms with Crippen molar-refractivity contribution in [2.75, 3.05) is 5.73 Å². The lowest BCUT2D eigenvalue weighted by Crippen LogP contribution is -2.24. The van der Waals surface area contributed by atoms with Crippen LogP contribution in [-0.2, 0) is 5.75 Å². The van der Waals surface area contributed by atoms with Crippen LogP contribution in [0.3, 0.4) is 0 Å². The van der Waals surface area contributed by atoms with Crippen LogP contribution in [0.25, 0.3) is 16.7 Å². The number of hydrogen-bond acceptors (Lipinski definition) is 6. The molecule has 0 aliphatic heterocycles. The number of fused-ring (bicyclic) bond motifs is 1. The summed E-state index contributed by atoms with van der Waals surface area (Å²) in [5, 5.41) is 15.6. The lowest BCUT2D eigenvalue weighted by atomic mass is 10.2. The molecular weight excluding hydrogens is 403 g/mol. The zero-order chi connectivity index (χ0) is 20.7. The summed E-state index contributed by atoms with van der Waals surface area (Å²) in [5.41, 5.74) is 6.68. The molecule has 4 rings (SSSR count). The number of hydrogen-bond donors (Lipinski definition) is 3. The Bertz CT molecular complexity index is 1300. The number of rotatable bonds is 4. The molecule has 0 radical (unpaired) electrons. The van der Waals surface area contributed by atoms with Crippen molar-refractivity contribution in [2.24, 2.45) is 0 Å². The van der Waals surface area contributed by atoms with Crippen molar-refractivity contribution < 1.29 is 13.2 Å².